The first-order chi connectivity index (χ1) is 6.16. The van der Waals surface area contributed by atoms with E-state index in [2.05, 4.69) is 20.9 Å². The number of amides is 1. The fraction of sp³-hybridized carbons (Fsp3) is 0.250. The van der Waals surface area contributed by atoms with Crippen LogP contribution < -0.4 is 5.73 Å². The summed E-state index contributed by atoms with van der Waals surface area (Å²) in [5.74, 6) is -0.487. The first-order valence-electron chi connectivity index (χ1n) is 3.57. The molecule has 0 saturated heterocycles. The van der Waals surface area contributed by atoms with Crippen molar-refractivity contribution in [3.05, 3.63) is 29.6 Å². The molecule has 0 aliphatic heterocycles. The van der Waals surface area contributed by atoms with Gasteiger partial charge in [0.1, 0.15) is 5.01 Å². The van der Waals surface area contributed by atoms with Gasteiger partial charge in [-0.1, -0.05) is 15.9 Å². The molecular formula is C8H9BrN2O2. The highest BCUT2D eigenvalue weighted by molar-refractivity contribution is 9.09. The van der Waals surface area contributed by atoms with Gasteiger partial charge < -0.3 is 10.5 Å². The molecule has 0 saturated carbocycles. The summed E-state index contributed by atoms with van der Waals surface area (Å²) >= 11 is 3.23. The van der Waals surface area contributed by atoms with E-state index in [-0.39, 0.29) is 5.01 Å². The maximum Gasteiger partial charge on any atom is 0.249 e. The number of aromatic nitrogens is 1. The lowest BCUT2D eigenvalue weighted by molar-refractivity contribution is 0.0995. The molecule has 1 atom stereocenters. The number of carbonyl (C=O) groups excluding carboxylic acids is 1. The third-order valence-electron chi connectivity index (χ3n) is 1.57. The molecule has 1 amide bonds. The van der Waals surface area contributed by atoms with Crippen LogP contribution in [0.3, 0.4) is 0 Å². The first kappa shape index (κ1) is 10.1. The van der Waals surface area contributed by atoms with Crippen molar-refractivity contribution in [3.8, 4) is 0 Å². The summed E-state index contributed by atoms with van der Waals surface area (Å²) in [5.41, 5.74) is 6.22. The molecule has 2 N–H and O–H groups in total. The van der Waals surface area contributed by atoms with Crippen molar-refractivity contribution in [1.29, 1.82) is 0 Å². The van der Waals surface area contributed by atoms with E-state index in [0.717, 1.165) is 0 Å². The lowest BCUT2D eigenvalue weighted by Gasteiger charge is -2.10. The molecule has 0 bridgehead atoms. The van der Waals surface area contributed by atoms with Crippen molar-refractivity contribution in [2.75, 3.05) is 7.11 Å². The molecule has 13 heavy (non-hydrogen) atoms. The van der Waals surface area contributed by atoms with E-state index in [9.17, 15) is 4.79 Å². The summed E-state index contributed by atoms with van der Waals surface area (Å²) in [5, 5.41) is -0.358. The fourth-order valence-corrected chi connectivity index (χ4v) is 1.30. The number of hydrogen-bond donors (Lipinski definition) is 1. The summed E-state index contributed by atoms with van der Waals surface area (Å²) < 4.78 is 5.00. The number of carbonyl (C=O) groups is 1. The average Bonchev–Trinajstić information content (AvgIpc) is 2.16. The molecule has 1 unspecified atom stereocenters. The Morgan fingerprint density at radius 1 is 1.77 bits per heavy atom. The Bertz CT molecular complexity index is 317. The van der Waals surface area contributed by atoms with Gasteiger partial charge in [-0.05, 0) is 6.07 Å². The van der Waals surface area contributed by atoms with Crippen LogP contribution in [0.15, 0.2) is 18.5 Å². The van der Waals surface area contributed by atoms with Crippen LogP contribution in [0.25, 0.3) is 0 Å². The van der Waals surface area contributed by atoms with Gasteiger partial charge in [-0.2, -0.15) is 0 Å². The number of halogens is 1. The number of methoxy groups -OCH3 is 1. The Morgan fingerprint density at radius 3 is 3.00 bits per heavy atom. The Hall–Kier alpha value is -0.940. The Kier molecular flexibility index (Phi) is 3.39. The van der Waals surface area contributed by atoms with Gasteiger partial charge >= 0.3 is 0 Å². The van der Waals surface area contributed by atoms with Gasteiger partial charge in [0, 0.05) is 30.6 Å². The second-order valence-corrected chi connectivity index (χ2v) is 3.21. The molecule has 0 aromatic carbocycles. The zero-order chi connectivity index (χ0) is 9.84. The van der Waals surface area contributed by atoms with Gasteiger partial charge in [-0.25, -0.2) is 0 Å². The topological polar surface area (TPSA) is 65.2 Å². The number of ether oxygens (including phenoxy) is 1. The van der Waals surface area contributed by atoms with Crippen molar-refractivity contribution >= 4 is 21.8 Å². The number of alkyl halides is 1. The smallest absolute Gasteiger partial charge is 0.249 e. The van der Waals surface area contributed by atoms with Crippen LogP contribution in [0, 0.1) is 0 Å². The number of primary amides is 1. The lowest BCUT2D eigenvalue weighted by atomic mass is 10.1. The molecule has 70 valence electrons. The lowest BCUT2D eigenvalue weighted by Crippen LogP contribution is -2.14. The highest BCUT2D eigenvalue weighted by Gasteiger charge is 2.14. The molecule has 0 fully saturated rings. The SMILES string of the molecule is COC(Br)c1cnccc1C(N)=O. The van der Waals surface area contributed by atoms with E-state index in [0.29, 0.717) is 11.1 Å². The minimum atomic E-state index is -0.487. The van der Waals surface area contributed by atoms with E-state index in [1.165, 1.54) is 13.3 Å². The number of nitrogens with two attached hydrogens (primary N) is 1. The molecule has 5 heteroatoms. The van der Waals surface area contributed by atoms with Gasteiger partial charge in [0.15, 0.2) is 0 Å². The molecule has 1 rings (SSSR count). The van der Waals surface area contributed by atoms with Gasteiger partial charge in [0.25, 0.3) is 0 Å². The zero-order valence-corrected chi connectivity index (χ0v) is 8.61. The predicted molar refractivity (Wildman–Crippen MR) is 51.4 cm³/mol. The molecule has 4 nitrogen and oxygen atoms in total. The van der Waals surface area contributed by atoms with Crippen LogP contribution in [-0.4, -0.2) is 18.0 Å². The second kappa shape index (κ2) is 4.34. The molecule has 0 radical (unpaired) electrons. The maximum absolute atomic E-state index is 11.0. The molecule has 1 aromatic rings. The van der Waals surface area contributed by atoms with Crippen molar-refractivity contribution in [2.45, 2.75) is 5.01 Å². The number of nitrogens with zero attached hydrogens (tertiary/aromatic N) is 1. The Labute approximate surface area is 84.2 Å². The summed E-state index contributed by atoms with van der Waals surface area (Å²) in [6.07, 6.45) is 3.06. The van der Waals surface area contributed by atoms with Crippen LogP contribution in [-0.2, 0) is 4.74 Å². The predicted octanol–water partition coefficient (Wildman–Crippen LogP) is 1.22. The maximum atomic E-state index is 11.0. The van der Waals surface area contributed by atoms with Crippen LogP contribution in [0.2, 0.25) is 0 Å². The normalized spacial score (nSPS) is 12.5. The molecule has 0 spiro atoms. The quantitative estimate of drug-likeness (QED) is 0.814. The summed E-state index contributed by atoms with van der Waals surface area (Å²) in [6, 6.07) is 1.56. The summed E-state index contributed by atoms with van der Waals surface area (Å²) in [4.78, 5) is 14.8. The van der Waals surface area contributed by atoms with Crippen molar-refractivity contribution < 1.29 is 9.53 Å². The van der Waals surface area contributed by atoms with Crippen molar-refractivity contribution in [3.63, 3.8) is 0 Å². The van der Waals surface area contributed by atoms with E-state index in [1.807, 2.05) is 0 Å². The molecule has 0 aliphatic carbocycles. The molecule has 1 heterocycles. The van der Waals surface area contributed by atoms with Crippen LogP contribution in [0.4, 0.5) is 0 Å². The third kappa shape index (κ3) is 2.26. The molecular weight excluding hydrogens is 236 g/mol. The molecule has 1 aromatic heterocycles. The monoisotopic (exact) mass is 244 g/mol. The summed E-state index contributed by atoms with van der Waals surface area (Å²) in [6.45, 7) is 0. The van der Waals surface area contributed by atoms with Crippen LogP contribution in [0.5, 0.6) is 0 Å². The van der Waals surface area contributed by atoms with Crippen LogP contribution in [0.1, 0.15) is 20.9 Å². The largest absolute Gasteiger partial charge is 0.366 e. The fourth-order valence-electron chi connectivity index (χ4n) is 0.939. The Morgan fingerprint density at radius 2 is 2.46 bits per heavy atom. The number of pyridine rings is 1. The minimum Gasteiger partial charge on any atom is -0.366 e. The van der Waals surface area contributed by atoms with Gasteiger partial charge in [0.05, 0.1) is 0 Å². The number of hydrogen-bond acceptors (Lipinski definition) is 3. The third-order valence-corrected chi connectivity index (χ3v) is 2.44. The minimum absolute atomic E-state index is 0.358. The van der Waals surface area contributed by atoms with Crippen molar-refractivity contribution in [2.24, 2.45) is 5.73 Å². The second-order valence-electron chi connectivity index (χ2n) is 2.38. The van der Waals surface area contributed by atoms with Gasteiger partial charge in [-0.3, -0.25) is 9.78 Å². The van der Waals surface area contributed by atoms with E-state index in [4.69, 9.17) is 10.5 Å². The molecule has 0 aliphatic rings. The average molecular weight is 245 g/mol. The first-order valence-corrected chi connectivity index (χ1v) is 4.49. The van der Waals surface area contributed by atoms with Gasteiger partial charge in [-0.15, -0.1) is 0 Å². The summed E-state index contributed by atoms with van der Waals surface area (Å²) in [7, 11) is 1.52. The standard InChI is InChI=1S/C8H9BrN2O2/c1-13-7(9)6-4-11-3-2-5(6)8(10)12/h2-4,7H,1H3,(H2,10,12). The highest BCUT2D eigenvalue weighted by atomic mass is 79.9. The van der Waals surface area contributed by atoms with E-state index < -0.39 is 5.91 Å². The van der Waals surface area contributed by atoms with E-state index >= 15 is 0 Å². The highest BCUT2D eigenvalue weighted by Crippen LogP contribution is 2.25. The zero-order valence-electron chi connectivity index (χ0n) is 7.03. The van der Waals surface area contributed by atoms with Crippen LogP contribution >= 0.6 is 15.9 Å². The van der Waals surface area contributed by atoms with Gasteiger partial charge in [0.2, 0.25) is 5.91 Å². The number of rotatable bonds is 3. The van der Waals surface area contributed by atoms with E-state index in [1.54, 1.807) is 12.3 Å². The Balaban J connectivity index is 3.11. The van der Waals surface area contributed by atoms with Crippen molar-refractivity contribution in [1.82, 2.24) is 4.98 Å².